The molecule has 2 atom stereocenters. The molecule has 1 fully saturated rings. The maximum absolute atomic E-state index is 13.0. The number of aliphatic hydroxyl groups is 1. The number of hydrogen-bond acceptors (Lipinski definition) is 1. The average molecular weight is 273 g/mol. The highest BCUT2D eigenvalue weighted by Gasteiger charge is 2.22. The smallest absolute Gasteiger partial charge is 0.137 e. The van der Waals surface area contributed by atoms with Crippen LogP contribution in [0.2, 0.25) is 0 Å². The SMILES string of the molecule is OC1CCC(Cc2ccc(F)c(Br)c2)C1. The summed E-state index contributed by atoms with van der Waals surface area (Å²) >= 11 is 3.18. The van der Waals surface area contributed by atoms with Gasteiger partial charge < -0.3 is 5.11 Å². The van der Waals surface area contributed by atoms with E-state index >= 15 is 0 Å². The highest BCUT2D eigenvalue weighted by Crippen LogP contribution is 2.29. The van der Waals surface area contributed by atoms with E-state index in [0.717, 1.165) is 31.2 Å². The third kappa shape index (κ3) is 2.79. The molecule has 1 aliphatic rings. The highest BCUT2D eigenvalue weighted by atomic mass is 79.9. The molecule has 1 saturated carbocycles. The molecule has 2 rings (SSSR count). The van der Waals surface area contributed by atoms with Crippen LogP contribution in [0.5, 0.6) is 0 Å². The van der Waals surface area contributed by atoms with Gasteiger partial charge in [-0.25, -0.2) is 4.39 Å². The van der Waals surface area contributed by atoms with Crippen molar-refractivity contribution in [1.29, 1.82) is 0 Å². The lowest BCUT2D eigenvalue weighted by Crippen LogP contribution is -2.03. The second kappa shape index (κ2) is 4.62. The fraction of sp³-hybridized carbons (Fsp3) is 0.500. The molecule has 1 aromatic rings. The van der Waals surface area contributed by atoms with Crippen LogP contribution >= 0.6 is 15.9 Å². The van der Waals surface area contributed by atoms with E-state index in [4.69, 9.17) is 0 Å². The first-order valence-corrected chi connectivity index (χ1v) is 6.06. The van der Waals surface area contributed by atoms with E-state index in [0.29, 0.717) is 10.4 Å². The summed E-state index contributed by atoms with van der Waals surface area (Å²) < 4.78 is 13.5. The minimum Gasteiger partial charge on any atom is -0.393 e. The van der Waals surface area contributed by atoms with Gasteiger partial charge in [-0.15, -0.1) is 0 Å². The highest BCUT2D eigenvalue weighted by molar-refractivity contribution is 9.10. The molecule has 15 heavy (non-hydrogen) atoms. The summed E-state index contributed by atoms with van der Waals surface area (Å²) in [5.74, 6) is 0.336. The normalized spacial score (nSPS) is 25.8. The zero-order valence-corrected chi connectivity index (χ0v) is 10.0. The second-order valence-corrected chi connectivity index (χ2v) is 5.14. The Morgan fingerprint density at radius 1 is 1.40 bits per heavy atom. The fourth-order valence-electron chi connectivity index (χ4n) is 2.23. The van der Waals surface area contributed by atoms with Crippen LogP contribution in [0.25, 0.3) is 0 Å². The van der Waals surface area contributed by atoms with Gasteiger partial charge in [0.05, 0.1) is 10.6 Å². The van der Waals surface area contributed by atoms with Gasteiger partial charge in [0.25, 0.3) is 0 Å². The van der Waals surface area contributed by atoms with Gasteiger partial charge in [-0.3, -0.25) is 0 Å². The van der Waals surface area contributed by atoms with E-state index < -0.39 is 0 Å². The molecule has 0 bridgehead atoms. The van der Waals surface area contributed by atoms with E-state index in [2.05, 4.69) is 15.9 Å². The van der Waals surface area contributed by atoms with Gasteiger partial charge in [-0.05, 0) is 65.2 Å². The predicted octanol–water partition coefficient (Wildman–Crippen LogP) is 3.29. The molecule has 0 saturated heterocycles. The van der Waals surface area contributed by atoms with Crippen LogP contribution in [0.4, 0.5) is 4.39 Å². The molecule has 0 spiro atoms. The topological polar surface area (TPSA) is 20.2 Å². The summed E-state index contributed by atoms with van der Waals surface area (Å²) in [6, 6.07) is 5.15. The Morgan fingerprint density at radius 3 is 2.80 bits per heavy atom. The third-order valence-electron chi connectivity index (χ3n) is 3.02. The van der Waals surface area contributed by atoms with Crippen molar-refractivity contribution in [1.82, 2.24) is 0 Å². The molecular formula is C12H14BrFO. The minimum atomic E-state index is -0.217. The molecule has 1 nitrogen and oxygen atoms in total. The van der Waals surface area contributed by atoms with Crippen LogP contribution in [0.1, 0.15) is 24.8 Å². The number of halogens is 2. The van der Waals surface area contributed by atoms with E-state index in [1.54, 1.807) is 0 Å². The van der Waals surface area contributed by atoms with Crippen molar-refractivity contribution in [2.75, 3.05) is 0 Å². The lowest BCUT2D eigenvalue weighted by atomic mass is 9.98. The number of rotatable bonds is 2. The molecule has 0 radical (unpaired) electrons. The van der Waals surface area contributed by atoms with Gasteiger partial charge in [0, 0.05) is 0 Å². The molecule has 0 aromatic heterocycles. The van der Waals surface area contributed by atoms with Gasteiger partial charge in [-0.2, -0.15) is 0 Å². The minimum absolute atomic E-state index is 0.126. The Balaban J connectivity index is 2.02. The van der Waals surface area contributed by atoms with Crippen molar-refractivity contribution in [3.63, 3.8) is 0 Å². The van der Waals surface area contributed by atoms with E-state index in [-0.39, 0.29) is 11.9 Å². The molecule has 0 heterocycles. The van der Waals surface area contributed by atoms with Crippen LogP contribution in [-0.2, 0) is 6.42 Å². The van der Waals surface area contributed by atoms with Crippen molar-refractivity contribution < 1.29 is 9.50 Å². The summed E-state index contributed by atoms with van der Waals surface area (Å²) in [6.45, 7) is 0. The standard InChI is InChI=1S/C12H14BrFO/c13-11-7-9(2-4-12(11)14)5-8-1-3-10(15)6-8/h2,4,7-8,10,15H,1,3,5-6H2. The summed E-state index contributed by atoms with van der Waals surface area (Å²) in [6.07, 6.45) is 3.69. The van der Waals surface area contributed by atoms with Crippen LogP contribution in [-0.4, -0.2) is 11.2 Å². The van der Waals surface area contributed by atoms with Gasteiger partial charge in [-0.1, -0.05) is 6.07 Å². The molecule has 1 aromatic carbocycles. The molecular weight excluding hydrogens is 259 g/mol. The first-order valence-electron chi connectivity index (χ1n) is 5.27. The third-order valence-corrected chi connectivity index (χ3v) is 3.63. The van der Waals surface area contributed by atoms with Crippen LogP contribution in [0.3, 0.4) is 0 Å². The van der Waals surface area contributed by atoms with Crippen molar-refractivity contribution in [3.05, 3.63) is 34.1 Å². The van der Waals surface area contributed by atoms with Gasteiger partial charge >= 0.3 is 0 Å². The predicted molar refractivity (Wildman–Crippen MR) is 61.2 cm³/mol. The van der Waals surface area contributed by atoms with Crippen molar-refractivity contribution in [2.45, 2.75) is 31.8 Å². The van der Waals surface area contributed by atoms with Crippen LogP contribution in [0, 0.1) is 11.7 Å². The molecule has 82 valence electrons. The molecule has 1 N–H and O–H groups in total. The first-order chi connectivity index (χ1) is 7.15. The number of hydrogen-bond donors (Lipinski definition) is 1. The van der Waals surface area contributed by atoms with E-state index in [9.17, 15) is 9.50 Å². The number of benzene rings is 1. The summed E-state index contributed by atoms with van der Waals surface area (Å²) in [4.78, 5) is 0. The molecule has 0 amide bonds. The Morgan fingerprint density at radius 2 is 2.20 bits per heavy atom. The Kier molecular flexibility index (Phi) is 3.42. The van der Waals surface area contributed by atoms with Crippen molar-refractivity contribution >= 4 is 15.9 Å². The first kappa shape index (κ1) is 11.1. The summed E-state index contributed by atoms with van der Waals surface area (Å²) in [5, 5.41) is 9.41. The fourth-order valence-corrected chi connectivity index (χ4v) is 2.66. The lowest BCUT2D eigenvalue weighted by molar-refractivity contribution is 0.177. The van der Waals surface area contributed by atoms with Crippen LogP contribution < -0.4 is 0 Å². The van der Waals surface area contributed by atoms with Crippen molar-refractivity contribution in [3.8, 4) is 0 Å². The monoisotopic (exact) mass is 272 g/mol. The Hall–Kier alpha value is -0.410. The maximum Gasteiger partial charge on any atom is 0.137 e. The van der Waals surface area contributed by atoms with Crippen LogP contribution in [0.15, 0.2) is 22.7 Å². The zero-order valence-electron chi connectivity index (χ0n) is 8.42. The van der Waals surface area contributed by atoms with Crippen molar-refractivity contribution in [2.24, 2.45) is 5.92 Å². The largest absolute Gasteiger partial charge is 0.393 e. The Bertz CT molecular complexity index is 353. The summed E-state index contributed by atoms with van der Waals surface area (Å²) in [7, 11) is 0. The number of aliphatic hydroxyl groups excluding tert-OH is 1. The average Bonchev–Trinajstić information content (AvgIpc) is 2.58. The van der Waals surface area contributed by atoms with E-state index in [1.165, 1.54) is 6.07 Å². The summed E-state index contributed by atoms with van der Waals surface area (Å²) in [5.41, 5.74) is 1.14. The van der Waals surface area contributed by atoms with Gasteiger partial charge in [0.15, 0.2) is 0 Å². The second-order valence-electron chi connectivity index (χ2n) is 4.29. The molecule has 1 aliphatic carbocycles. The van der Waals surface area contributed by atoms with Gasteiger partial charge in [0.1, 0.15) is 5.82 Å². The quantitative estimate of drug-likeness (QED) is 0.876. The lowest BCUT2D eigenvalue weighted by Gasteiger charge is -2.09. The molecule has 2 unspecified atom stereocenters. The zero-order chi connectivity index (χ0) is 10.8. The molecule has 3 heteroatoms. The Labute approximate surface area is 97.4 Å². The van der Waals surface area contributed by atoms with E-state index in [1.807, 2.05) is 12.1 Å². The van der Waals surface area contributed by atoms with Gasteiger partial charge in [0.2, 0.25) is 0 Å². The molecule has 0 aliphatic heterocycles. The maximum atomic E-state index is 13.0.